The fourth-order valence-electron chi connectivity index (χ4n) is 2.79. The van der Waals surface area contributed by atoms with E-state index in [1.54, 1.807) is 37.4 Å². The molecule has 0 saturated heterocycles. The summed E-state index contributed by atoms with van der Waals surface area (Å²) in [6.07, 6.45) is 2.60. The summed E-state index contributed by atoms with van der Waals surface area (Å²) in [7, 11) is -1.89. The van der Waals surface area contributed by atoms with Crippen LogP contribution in [0.25, 0.3) is 11.4 Å². The van der Waals surface area contributed by atoms with Crippen molar-refractivity contribution in [3.63, 3.8) is 0 Å². The molecular weight excluding hydrogens is 420 g/mol. The van der Waals surface area contributed by atoms with Crippen LogP contribution >= 0.6 is 0 Å². The minimum atomic E-state index is -3.46. The number of nitrogens with one attached hydrogen (secondary N) is 1. The Morgan fingerprint density at radius 2 is 2.00 bits per heavy atom. The van der Waals surface area contributed by atoms with E-state index in [1.807, 2.05) is 18.2 Å². The van der Waals surface area contributed by atoms with Gasteiger partial charge in [-0.25, -0.2) is 8.42 Å². The Hall–Kier alpha value is -3.66. The van der Waals surface area contributed by atoms with Gasteiger partial charge in [0, 0.05) is 11.1 Å². The minimum absolute atomic E-state index is 0.0451. The van der Waals surface area contributed by atoms with Gasteiger partial charge in [-0.1, -0.05) is 23.4 Å². The average molecular weight is 442 g/mol. The Morgan fingerprint density at radius 1 is 1.26 bits per heavy atom. The monoisotopic (exact) mass is 442 g/mol. The molecule has 0 fully saturated rings. The molecule has 0 aliphatic carbocycles. The van der Waals surface area contributed by atoms with E-state index in [2.05, 4.69) is 22.0 Å². The van der Waals surface area contributed by atoms with Crippen LogP contribution < -0.4 is 14.4 Å². The van der Waals surface area contributed by atoms with Gasteiger partial charge in [0.1, 0.15) is 5.75 Å². The first-order valence-corrected chi connectivity index (χ1v) is 11.1. The molecule has 9 nitrogen and oxygen atoms in total. The summed E-state index contributed by atoms with van der Waals surface area (Å²) in [5.74, 6) is 0.943. The molecule has 1 amide bonds. The normalized spacial score (nSPS) is 11.0. The van der Waals surface area contributed by atoms with Crippen molar-refractivity contribution < 1.29 is 22.5 Å². The molecule has 3 aromatic rings. The van der Waals surface area contributed by atoms with Gasteiger partial charge in [0.2, 0.25) is 21.7 Å². The highest BCUT2D eigenvalue weighted by molar-refractivity contribution is 7.92. The van der Waals surface area contributed by atoms with Crippen molar-refractivity contribution in [1.82, 2.24) is 15.5 Å². The maximum absolute atomic E-state index is 12.4. The van der Waals surface area contributed by atoms with Crippen molar-refractivity contribution in [2.75, 3.05) is 24.2 Å². The molecule has 3 rings (SSSR count). The number of aromatic nitrogens is 2. The van der Waals surface area contributed by atoms with Gasteiger partial charge >= 0.3 is 0 Å². The van der Waals surface area contributed by atoms with Crippen LogP contribution in [0, 0.1) is 0 Å². The molecule has 162 valence electrons. The summed E-state index contributed by atoms with van der Waals surface area (Å²) in [6, 6.07) is 13.4. The molecular formula is C21H22N4O5S. The van der Waals surface area contributed by atoms with Crippen LogP contribution in [0.2, 0.25) is 0 Å². The number of ether oxygens (including phenoxy) is 1. The first-order valence-electron chi connectivity index (χ1n) is 9.25. The highest BCUT2D eigenvalue weighted by Gasteiger charge is 2.17. The molecule has 1 aromatic heterocycles. The highest BCUT2D eigenvalue weighted by atomic mass is 32.2. The third-order valence-corrected chi connectivity index (χ3v) is 5.47. The fourth-order valence-corrected chi connectivity index (χ4v) is 3.67. The molecule has 10 heteroatoms. The number of anilines is 1. The van der Waals surface area contributed by atoms with E-state index in [0.29, 0.717) is 22.8 Å². The van der Waals surface area contributed by atoms with Gasteiger partial charge in [-0.05, 0) is 36.4 Å². The lowest BCUT2D eigenvalue weighted by atomic mass is 10.2. The highest BCUT2D eigenvalue weighted by Crippen LogP contribution is 2.21. The zero-order valence-electron chi connectivity index (χ0n) is 17.1. The third-order valence-electron chi connectivity index (χ3n) is 4.31. The number of nitrogens with zero attached hydrogens (tertiary/aromatic N) is 3. The van der Waals surface area contributed by atoms with E-state index in [9.17, 15) is 13.2 Å². The van der Waals surface area contributed by atoms with Crippen molar-refractivity contribution in [3.8, 4) is 17.1 Å². The third kappa shape index (κ3) is 5.48. The van der Waals surface area contributed by atoms with Crippen LogP contribution in [0.3, 0.4) is 0 Å². The van der Waals surface area contributed by atoms with E-state index in [-0.39, 0.29) is 24.9 Å². The molecule has 0 unspecified atom stereocenters. The zero-order valence-corrected chi connectivity index (χ0v) is 17.9. The summed E-state index contributed by atoms with van der Waals surface area (Å²) in [6.45, 7) is 3.75. The second-order valence-corrected chi connectivity index (χ2v) is 8.46. The van der Waals surface area contributed by atoms with Crippen LogP contribution in [0.1, 0.15) is 16.2 Å². The molecule has 0 saturated carbocycles. The summed E-state index contributed by atoms with van der Waals surface area (Å²) < 4.78 is 35.4. The topological polar surface area (TPSA) is 115 Å². The number of sulfonamides is 1. The summed E-state index contributed by atoms with van der Waals surface area (Å²) in [5, 5.41) is 6.62. The summed E-state index contributed by atoms with van der Waals surface area (Å²) in [4.78, 5) is 16.7. The van der Waals surface area contributed by atoms with Crippen LogP contribution in [0.4, 0.5) is 5.69 Å². The first kappa shape index (κ1) is 22.0. The van der Waals surface area contributed by atoms with Crippen molar-refractivity contribution in [1.29, 1.82) is 0 Å². The van der Waals surface area contributed by atoms with Gasteiger partial charge in [-0.3, -0.25) is 9.10 Å². The second kappa shape index (κ2) is 9.43. The predicted octanol–water partition coefficient (Wildman–Crippen LogP) is 2.63. The number of benzene rings is 2. The van der Waals surface area contributed by atoms with E-state index >= 15 is 0 Å². The van der Waals surface area contributed by atoms with Crippen LogP contribution in [0.15, 0.2) is 65.7 Å². The number of hydrogen-bond acceptors (Lipinski definition) is 7. The lowest BCUT2D eigenvalue weighted by Gasteiger charge is -2.20. The van der Waals surface area contributed by atoms with E-state index in [1.165, 1.54) is 10.4 Å². The lowest BCUT2D eigenvalue weighted by molar-refractivity contribution is 0.0946. The largest absolute Gasteiger partial charge is 0.497 e. The number of rotatable bonds is 9. The van der Waals surface area contributed by atoms with Gasteiger partial charge in [-0.2, -0.15) is 4.98 Å². The van der Waals surface area contributed by atoms with Crippen LogP contribution in [0.5, 0.6) is 5.75 Å². The maximum atomic E-state index is 12.4. The average Bonchev–Trinajstić information content (AvgIpc) is 3.24. The molecule has 1 N–H and O–H groups in total. The molecule has 0 bridgehead atoms. The van der Waals surface area contributed by atoms with Gasteiger partial charge in [0.05, 0.1) is 32.1 Å². The number of methoxy groups -OCH3 is 1. The standard InChI is InChI=1S/C21H22N4O5S/c1-4-12-25(31(3,27)28)17-10-8-15(9-11-17)21(26)22-14-19-23-20(24-30-19)16-6-5-7-18(13-16)29-2/h4-11,13H,1,12,14H2,2-3H3,(H,22,26). The molecule has 0 radical (unpaired) electrons. The number of carbonyl (C=O) groups is 1. The van der Waals surface area contributed by atoms with Gasteiger partial charge in [-0.15, -0.1) is 6.58 Å². The van der Waals surface area contributed by atoms with E-state index in [4.69, 9.17) is 9.26 Å². The molecule has 2 aromatic carbocycles. The second-order valence-electron chi connectivity index (χ2n) is 6.56. The number of carbonyl (C=O) groups excluding carboxylic acids is 1. The van der Waals surface area contributed by atoms with Crippen molar-refractivity contribution in [3.05, 3.63) is 72.6 Å². The summed E-state index contributed by atoms with van der Waals surface area (Å²) >= 11 is 0. The van der Waals surface area contributed by atoms with Crippen LogP contribution in [-0.4, -0.2) is 44.4 Å². The number of hydrogen-bond donors (Lipinski definition) is 1. The van der Waals surface area contributed by atoms with Crippen molar-refractivity contribution >= 4 is 21.6 Å². The molecule has 0 atom stereocenters. The lowest BCUT2D eigenvalue weighted by Crippen LogP contribution is -2.30. The number of amides is 1. The SMILES string of the molecule is C=CCN(c1ccc(C(=O)NCc2nc(-c3cccc(OC)c3)no2)cc1)S(C)(=O)=O. The smallest absolute Gasteiger partial charge is 0.251 e. The van der Waals surface area contributed by atoms with Gasteiger partial charge < -0.3 is 14.6 Å². The summed E-state index contributed by atoms with van der Waals surface area (Å²) in [5.41, 5.74) is 1.54. The zero-order chi connectivity index (χ0) is 22.4. The Morgan fingerprint density at radius 3 is 2.65 bits per heavy atom. The Bertz CT molecular complexity index is 1170. The Kier molecular flexibility index (Phi) is 6.71. The molecule has 0 aliphatic heterocycles. The first-order chi connectivity index (χ1) is 14.8. The molecule has 0 spiro atoms. The van der Waals surface area contributed by atoms with E-state index in [0.717, 1.165) is 11.8 Å². The van der Waals surface area contributed by atoms with E-state index < -0.39 is 10.0 Å². The van der Waals surface area contributed by atoms with Gasteiger partial charge in [0.15, 0.2) is 0 Å². The minimum Gasteiger partial charge on any atom is -0.497 e. The maximum Gasteiger partial charge on any atom is 0.251 e. The predicted molar refractivity (Wildman–Crippen MR) is 116 cm³/mol. The molecule has 31 heavy (non-hydrogen) atoms. The molecule has 1 heterocycles. The Balaban J connectivity index is 1.65. The van der Waals surface area contributed by atoms with Crippen molar-refractivity contribution in [2.45, 2.75) is 6.54 Å². The molecule has 0 aliphatic rings. The van der Waals surface area contributed by atoms with Crippen LogP contribution in [-0.2, 0) is 16.6 Å². The Labute approximate surface area is 180 Å². The quantitative estimate of drug-likeness (QED) is 0.507. The van der Waals surface area contributed by atoms with Crippen molar-refractivity contribution in [2.24, 2.45) is 0 Å². The fraction of sp³-hybridized carbons (Fsp3) is 0.190. The van der Waals surface area contributed by atoms with Gasteiger partial charge in [0.25, 0.3) is 5.91 Å².